The molecule has 2 rings (SSSR count). The number of allylic oxidation sites excluding steroid dienone is 2. The number of aldehydes is 1. The lowest BCUT2D eigenvalue weighted by Crippen LogP contribution is -2.46. The Labute approximate surface area is 89.9 Å². The molecule has 0 radical (unpaired) electrons. The van der Waals surface area contributed by atoms with Crippen LogP contribution in [-0.2, 0) is 9.59 Å². The standard InChI is InChI=1S/C12H17NO2/c14-8-2-5-9-3-1-4-10-6-7-13-12(15)11(9)10/h1,3,8-11H,2,4-7H2,(H,13,15)/t9-,10-,11+/m0/s1. The zero-order valence-corrected chi connectivity index (χ0v) is 8.82. The first-order chi connectivity index (χ1) is 7.33. The fraction of sp³-hybridized carbons (Fsp3) is 0.667. The highest BCUT2D eigenvalue weighted by Crippen LogP contribution is 2.36. The van der Waals surface area contributed by atoms with Gasteiger partial charge in [0, 0.05) is 18.9 Å². The van der Waals surface area contributed by atoms with Gasteiger partial charge in [0.05, 0.1) is 0 Å². The van der Waals surface area contributed by atoms with E-state index in [1.807, 2.05) is 0 Å². The lowest BCUT2D eigenvalue weighted by Gasteiger charge is -2.37. The van der Waals surface area contributed by atoms with Gasteiger partial charge >= 0.3 is 0 Å². The molecule has 3 heteroatoms. The maximum absolute atomic E-state index is 11.8. The van der Waals surface area contributed by atoms with Gasteiger partial charge in [0.15, 0.2) is 0 Å². The van der Waals surface area contributed by atoms with E-state index in [4.69, 9.17) is 0 Å². The second-order valence-electron chi connectivity index (χ2n) is 4.44. The Morgan fingerprint density at radius 2 is 2.40 bits per heavy atom. The highest BCUT2D eigenvalue weighted by Gasteiger charge is 2.37. The summed E-state index contributed by atoms with van der Waals surface area (Å²) in [6.45, 7) is 0.814. The van der Waals surface area contributed by atoms with Crippen molar-refractivity contribution in [3.05, 3.63) is 12.2 Å². The van der Waals surface area contributed by atoms with E-state index in [1.54, 1.807) is 0 Å². The normalized spacial score (nSPS) is 34.4. The molecule has 1 aliphatic carbocycles. The molecule has 0 aromatic carbocycles. The quantitative estimate of drug-likeness (QED) is 0.560. The third kappa shape index (κ3) is 2.11. The van der Waals surface area contributed by atoms with E-state index in [0.29, 0.717) is 12.3 Å². The van der Waals surface area contributed by atoms with Gasteiger partial charge in [0.2, 0.25) is 5.91 Å². The molecule has 1 saturated heterocycles. The predicted octanol–water partition coefficient (Wildman–Crippen LogP) is 1.29. The monoisotopic (exact) mass is 207 g/mol. The first-order valence-corrected chi connectivity index (χ1v) is 5.71. The fourth-order valence-electron chi connectivity index (χ4n) is 2.78. The Morgan fingerprint density at radius 3 is 3.20 bits per heavy atom. The van der Waals surface area contributed by atoms with E-state index in [2.05, 4.69) is 17.5 Å². The van der Waals surface area contributed by atoms with E-state index < -0.39 is 0 Å². The summed E-state index contributed by atoms with van der Waals surface area (Å²) >= 11 is 0. The fourth-order valence-corrected chi connectivity index (χ4v) is 2.78. The van der Waals surface area contributed by atoms with Crippen LogP contribution in [0.3, 0.4) is 0 Å². The van der Waals surface area contributed by atoms with Gasteiger partial charge in [-0.25, -0.2) is 0 Å². The molecule has 0 spiro atoms. The van der Waals surface area contributed by atoms with Crippen molar-refractivity contribution >= 4 is 12.2 Å². The molecule has 1 N–H and O–H groups in total. The molecule has 0 aromatic heterocycles. The minimum Gasteiger partial charge on any atom is -0.356 e. The minimum absolute atomic E-state index is 0.115. The number of piperidine rings is 1. The van der Waals surface area contributed by atoms with E-state index in [9.17, 15) is 9.59 Å². The molecule has 15 heavy (non-hydrogen) atoms. The second kappa shape index (κ2) is 4.60. The van der Waals surface area contributed by atoms with E-state index >= 15 is 0 Å². The lowest BCUT2D eigenvalue weighted by atomic mass is 9.71. The summed E-state index contributed by atoms with van der Waals surface area (Å²) in [5, 5.41) is 2.93. The van der Waals surface area contributed by atoms with Gasteiger partial charge in [-0.1, -0.05) is 12.2 Å². The molecule has 82 valence electrons. The molecule has 1 aliphatic heterocycles. The molecule has 0 saturated carbocycles. The largest absolute Gasteiger partial charge is 0.356 e. The lowest BCUT2D eigenvalue weighted by molar-refractivity contribution is -0.131. The van der Waals surface area contributed by atoms with Crippen LogP contribution in [0.25, 0.3) is 0 Å². The zero-order valence-electron chi connectivity index (χ0n) is 8.82. The Hall–Kier alpha value is -1.12. The molecule has 1 amide bonds. The molecule has 0 unspecified atom stereocenters. The Kier molecular flexibility index (Phi) is 3.19. The first kappa shape index (κ1) is 10.4. The molecule has 0 aromatic rings. The third-order valence-corrected chi connectivity index (χ3v) is 3.53. The van der Waals surface area contributed by atoms with Gasteiger partial charge in [-0.2, -0.15) is 0 Å². The Balaban J connectivity index is 2.08. The summed E-state index contributed by atoms with van der Waals surface area (Å²) < 4.78 is 0. The summed E-state index contributed by atoms with van der Waals surface area (Å²) in [6.07, 6.45) is 8.72. The third-order valence-electron chi connectivity index (χ3n) is 3.53. The highest BCUT2D eigenvalue weighted by molar-refractivity contribution is 5.80. The summed E-state index contributed by atoms with van der Waals surface area (Å²) in [7, 11) is 0. The zero-order chi connectivity index (χ0) is 10.7. The topological polar surface area (TPSA) is 46.2 Å². The Morgan fingerprint density at radius 1 is 1.53 bits per heavy atom. The van der Waals surface area contributed by atoms with Crippen LogP contribution in [0.4, 0.5) is 0 Å². The van der Waals surface area contributed by atoms with E-state index in [-0.39, 0.29) is 17.7 Å². The van der Waals surface area contributed by atoms with Crippen LogP contribution in [0.2, 0.25) is 0 Å². The summed E-state index contributed by atoms with van der Waals surface area (Å²) in [5.74, 6) is 1.07. The minimum atomic E-state index is 0.115. The van der Waals surface area contributed by atoms with Gasteiger partial charge in [-0.3, -0.25) is 4.79 Å². The summed E-state index contributed by atoms with van der Waals surface area (Å²) in [5.41, 5.74) is 0. The van der Waals surface area contributed by atoms with Crippen molar-refractivity contribution in [3.63, 3.8) is 0 Å². The molecule has 3 atom stereocenters. The van der Waals surface area contributed by atoms with Crippen molar-refractivity contribution in [2.45, 2.75) is 25.7 Å². The van der Waals surface area contributed by atoms with Crippen LogP contribution in [0, 0.1) is 17.8 Å². The molecule has 0 bridgehead atoms. The molecule has 1 fully saturated rings. The second-order valence-corrected chi connectivity index (χ2v) is 4.44. The van der Waals surface area contributed by atoms with Crippen LogP contribution in [0.15, 0.2) is 12.2 Å². The van der Waals surface area contributed by atoms with Crippen molar-refractivity contribution < 1.29 is 9.59 Å². The number of amides is 1. The number of nitrogens with one attached hydrogen (secondary N) is 1. The molecule has 2 aliphatic rings. The van der Waals surface area contributed by atoms with Crippen LogP contribution in [-0.4, -0.2) is 18.7 Å². The van der Waals surface area contributed by atoms with Crippen LogP contribution in [0.1, 0.15) is 25.7 Å². The predicted molar refractivity (Wildman–Crippen MR) is 57.2 cm³/mol. The van der Waals surface area contributed by atoms with Crippen LogP contribution in [0.5, 0.6) is 0 Å². The van der Waals surface area contributed by atoms with Gasteiger partial charge in [-0.05, 0) is 31.1 Å². The van der Waals surface area contributed by atoms with Crippen molar-refractivity contribution in [3.8, 4) is 0 Å². The van der Waals surface area contributed by atoms with Crippen LogP contribution >= 0.6 is 0 Å². The van der Waals surface area contributed by atoms with Crippen molar-refractivity contribution in [1.82, 2.24) is 5.32 Å². The van der Waals surface area contributed by atoms with E-state index in [1.165, 1.54) is 0 Å². The first-order valence-electron chi connectivity index (χ1n) is 5.71. The average Bonchev–Trinajstić information content (AvgIpc) is 2.26. The number of hydrogen-bond acceptors (Lipinski definition) is 2. The molecular weight excluding hydrogens is 190 g/mol. The van der Waals surface area contributed by atoms with Gasteiger partial charge in [0.25, 0.3) is 0 Å². The highest BCUT2D eigenvalue weighted by atomic mass is 16.2. The number of fused-ring (bicyclic) bond motifs is 1. The number of carbonyl (C=O) groups excluding carboxylic acids is 2. The van der Waals surface area contributed by atoms with Crippen LogP contribution < -0.4 is 5.32 Å². The van der Waals surface area contributed by atoms with Gasteiger partial charge in [0.1, 0.15) is 6.29 Å². The van der Waals surface area contributed by atoms with E-state index in [0.717, 1.165) is 32.1 Å². The number of rotatable bonds is 3. The van der Waals surface area contributed by atoms with Gasteiger partial charge < -0.3 is 10.1 Å². The van der Waals surface area contributed by atoms with Crippen molar-refractivity contribution in [1.29, 1.82) is 0 Å². The summed E-state index contributed by atoms with van der Waals surface area (Å²) in [6, 6.07) is 0. The molecular formula is C12H17NO2. The molecule has 3 nitrogen and oxygen atoms in total. The Bertz CT molecular complexity index is 285. The molecule has 1 heterocycles. The van der Waals surface area contributed by atoms with Crippen molar-refractivity contribution in [2.75, 3.05) is 6.54 Å². The number of carbonyl (C=O) groups is 2. The number of hydrogen-bond donors (Lipinski definition) is 1. The van der Waals surface area contributed by atoms with Gasteiger partial charge in [-0.15, -0.1) is 0 Å². The average molecular weight is 207 g/mol. The van der Waals surface area contributed by atoms with Crippen molar-refractivity contribution in [2.24, 2.45) is 17.8 Å². The summed E-state index contributed by atoms with van der Waals surface area (Å²) in [4.78, 5) is 22.1. The maximum atomic E-state index is 11.8. The smallest absolute Gasteiger partial charge is 0.223 e. The maximum Gasteiger partial charge on any atom is 0.223 e. The SMILES string of the molecule is O=CCC[C@@H]1C=CC[C@H]2CCNC(=O)[C@@H]21.